The molecular weight excluding hydrogens is 291 g/mol. The van der Waals surface area contributed by atoms with Crippen LogP contribution in [0.4, 0.5) is 8.78 Å². The number of halogens is 3. The predicted molar refractivity (Wildman–Crippen MR) is 51.7 cm³/mol. The minimum absolute atomic E-state index is 0.305. The number of nitrogens with zero attached hydrogens (tertiary/aromatic N) is 1. The molecule has 0 unspecified atom stereocenters. The average Bonchev–Trinajstić information content (AvgIpc) is 2.49. The van der Waals surface area contributed by atoms with Gasteiger partial charge in [0, 0.05) is 17.8 Å². The van der Waals surface area contributed by atoms with E-state index in [0.717, 1.165) is 3.57 Å². The van der Waals surface area contributed by atoms with Gasteiger partial charge in [0.2, 0.25) is 0 Å². The molecule has 2 nitrogen and oxygen atoms in total. The maximum Gasteiger partial charge on any atom is 0.295 e. The lowest BCUT2D eigenvalue weighted by molar-refractivity contribution is 0.124. The molecule has 0 aliphatic carbocycles. The highest BCUT2D eigenvalue weighted by Crippen LogP contribution is 2.28. The van der Waals surface area contributed by atoms with Crippen molar-refractivity contribution in [3.63, 3.8) is 0 Å². The van der Waals surface area contributed by atoms with Crippen LogP contribution >= 0.6 is 22.6 Å². The molecule has 0 amide bonds. The molecule has 2 rings (SSSR count). The Morgan fingerprint density at radius 3 is 2.77 bits per heavy atom. The summed E-state index contributed by atoms with van der Waals surface area (Å²) in [4.78, 5) is 3.87. The Morgan fingerprint density at radius 1 is 1.38 bits per heavy atom. The largest absolute Gasteiger partial charge is 0.454 e. The Kier molecular flexibility index (Phi) is 2.19. The van der Waals surface area contributed by atoms with Crippen molar-refractivity contribution in [1.82, 2.24) is 4.98 Å². The van der Waals surface area contributed by atoms with Gasteiger partial charge in [-0.05, 0) is 28.7 Å². The summed E-state index contributed by atoms with van der Waals surface area (Å²) < 4.78 is 30.1. The van der Waals surface area contributed by atoms with Gasteiger partial charge in [0.05, 0.1) is 3.57 Å². The van der Waals surface area contributed by atoms with E-state index < -0.39 is 6.43 Å². The zero-order valence-corrected chi connectivity index (χ0v) is 8.46. The first-order valence-corrected chi connectivity index (χ1v) is 4.57. The van der Waals surface area contributed by atoms with Crippen molar-refractivity contribution in [1.29, 1.82) is 0 Å². The zero-order chi connectivity index (χ0) is 9.42. The molecule has 2 aromatic rings. The third-order valence-corrected chi connectivity index (χ3v) is 2.38. The fraction of sp³-hybridized carbons (Fsp3) is 0.125. The minimum atomic E-state index is -2.57. The van der Waals surface area contributed by atoms with E-state index in [1.807, 2.05) is 22.6 Å². The van der Waals surface area contributed by atoms with Crippen LogP contribution in [-0.2, 0) is 0 Å². The number of alkyl halides is 2. The Labute approximate surface area is 86.1 Å². The van der Waals surface area contributed by atoms with Gasteiger partial charge >= 0.3 is 0 Å². The molecule has 0 saturated carbocycles. The van der Waals surface area contributed by atoms with E-state index in [0.29, 0.717) is 11.0 Å². The van der Waals surface area contributed by atoms with Crippen LogP contribution in [0, 0.1) is 3.57 Å². The van der Waals surface area contributed by atoms with E-state index >= 15 is 0 Å². The second-order valence-corrected chi connectivity index (χ2v) is 3.65. The van der Waals surface area contributed by atoms with Crippen LogP contribution < -0.4 is 0 Å². The zero-order valence-electron chi connectivity index (χ0n) is 6.30. The summed E-state index contributed by atoms with van der Waals surface area (Å²) in [6.07, 6.45) is 0.511. The Morgan fingerprint density at radius 2 is 2.15 bits per heavy atom. The van der Waals surface area contributed by atoms with Crippen LogP contribution in [0.1, 0.15) is 12.2 Å². The van der Waals surface area contributed by atoms with Gasteiger partial charge in [-0.2, -0.15) is 0 Å². The topological polar surface area (TPSA) is 26.0 Å². The normalized spacial score (nSPS) is 11.4. The van der Waals surface area contributed by atoms with Crippen molar-refractivity contribution in [3.05, 3.63) is 27.8 Å². The highest BCUT2D eigenvalue weighted by molar-refractivity contribution is 14.1. The van der Waals surface area contributed by atoms with Gasteiger partial charge in [-0.15, -0.1) is 0 Å². The summed E-state index contributed by atoms with van der Waals surface area (Å²) in [5.41, 5.74) is 0.478. The lowest BCUT2D eigenvalue weighted by atomic mass is 10.3. The standard InChI is InChI=1S/C8H4F2INO/c9-8(10)6-1-4-2-12-3-5(11)7(4)13-6/h1-3,8H. The van der Waals surface area contributed by atoms with E-state index in [-0.39, 0.29) is 5.76 Å². The molecule has 0 aromatic carbocycles. The van der Waals surface area contributed by atoms with E-state index in [4.69, 9.17) is 4.42 Å². The molecular formula is C8H4F2INO. The van der Waals surface area contributed by atoms with E-state index in [1.54, 1.807) is 6.20 Å². The molecule has 2 aromatic heterocycles. The Balaban J connectivity index is 2.68. The van der Waals surface area contributed by atoms with E-state index in [1.165, 1.54) is 12.3 Å². The second-order valence-electron chi connectivity index (χ2n) is 2.49. The quantitative estimate of drug-likeness (QED) is 0.754. The molecule has 0 radical (unpaired) electrons. The van der Waals surface area contributed by atoms with Crippen LogP contribution in [0.15, 0.2) is 22.9 Å². The Hall–Kier alpha value is -0.720. The molecule has 13 heavy (non-hydrogen) atoms. The lowest BCUT2D eigenvalue weighted by Crippen LogP contribution is -1.75. The average molecular weight is 295 g/mol. The van der Waals surface area contributed by atoms with Crippen LogP contribution in [-0.4, -0.2) is 4.98 Å². The molecule has 0 fully saturated rings. The first-order chi connectivity index (χ1) is 6.18. The molecule has 0 spiro atoms. The van der Waals surface area contributed by atoms with Crippen LogP contribution in [0.2, 0.25) is 0 Å². The number of hydrogen-bond acceptors (Lipinski definition) is 2. The summed E-state index contributed by atoms with van der Waals surface area (Å²) in [7, 11) is 0. The summed E-state index contributed by atoms with van der Waals surface area (Å²) in [5, 5.41) is 0.613. The van der Waals surface area contributed by atoms with Crippen LogP contribution in [0.3, 0.4) is 0 Å². The molecule has 0 atom stereocenters. The molecule has 0 bridgehead atoms. The molecule has 68 valence electrons. The third-order valence-electron chi connectivity index (χ3n) is 1.61. The van der Waals surface area contributed by atoms with Gasteiger partial charge < -0.3 is 4.42 Å². The van der Waals surface area contributed by atoms with Gasteiger partial charge in [0.1, 0.15) is 0 Å². The number of furan rings is 1. The van der Waals surface area contributed by atoms with E-state index in [2.05, 4.69) is 4.98 Å². The molecule has 0 aliphatic heterocycles. The fourth-order valence-electron chi connectivity index (χ4n) is 1.06. The molecule has 0 aliphatic rings. The van der Waals surface area contributed by atoms with E-state index in [9.17, 15) is 8.78 Å². The lowest BCUT2D eigenvalue weighted by Gasteiger charge is -1.90. The molecule has 2 heterocycles. The van der Waals surface area contributed by atoms with Gasteiger partial charge in [0.25, 0.3) is 6.43 Å². The van der Waals surface area contributed by atoms with Crippen molar-refractivity contribution >= 4 is 33.6 Å². The van der Waals surface area contributed by atoms with Gasteiger partial charge in [-0.25, -0.2) is 8.78 Å². The summed E-state index contributed by atoms with van der Waals surface area (Å²) in [6, 6.07) is 1.31. The fourth-order valence-corrected chi connectivity index (χ4v) is 1.64. The highest BCUT2D eigenvalue weighted by Gasteiger charge is 2.14. The first kappa shape index (κ1) is 8.86. The molecule has 5 heteroatoms. The van der Waals surface area contributed by atoms with Crippen molar-refractivity contribution in [2.45, 2.75) is 6.43 Å². The number of hydrogen-bond donors (Lipinski definition) is 0. The summed E-state index contributed by atoms with van der Waals surface area (Å²) in [5.74, 6) is -0.305. The van der Waals surface area contributed by atoms with Crippen LogP contribution in [0.5, 0.6) is 0 Å². The maximum atomic E-state index is 12.2. The predicted octanol–water partition coefficient (Wildman–Crippen LogP) is 3.37. The SMILES string of the molecule is FC(F)c1cc2cncc(I)c2o1. The van der Waals surface area contributed by atoms with Crippen molar-refractivity contribution in [3.8, 4) is 0 Å². The Bertz CT molecular complexity index is 441. The number of pyridine rings is 1. The number of aromatic nitrogens is 1. The molecule has 0 saturated heterocycles. The molecule has 0 N–H and O–H groups in total. The monoisotopic (exact) mass is 295 g/mol. The van der Waals surface area contributed by atoms with Gasteiger partial charge in [0.15, 0.2) is 11.3 Å². The first-order valence-electron chi connectivity index (χ1n) is 3.49. The van der Waals surface area contributed by atoms with Gasteiger partial charge in [-0.1, -0.05) is 0 Å². The minimum Gasteiger partial charge on any atom is -0.454 e. The van der Waals surface area contributed by atoms with Crippen LogP contribution in [0.25, 0.3) is 11.0 Å². The van der Waals surface area contributed by atoms with Crippen molar-refractivity contribution in [2.24, 2.45) is 0 Å². The second kappa shape index (κ2) is 3.21. The smallest absolute Gasteiger partial charge is 0.295 e. The van der Waals surface area contributed by atoms with Gasteiger partial charge in [-0.3, -0.25) is 4.98 Å². The number of rotatable bonds is 1. The van der Waals surface area contributed by atoms with Crippen molar-refractivity contribution in [2.75, 3.05) is 0 Å². The number of fused-ring (bicyclic) bond motifs is 1. The maximum absolute atomic E-state index is 12.2. The third kappa shape index (κ3) is 1.52. The summed E-state index contributed by atoms with van der Waals surface area (Å²) in [6.45, 7) is 0. The van der Waals surface area contributed by atoms with Crippen molar-refractivity contribution < 1.29 is 13.2 Å². The highest BCUT2D eigenvalue weighted by atomic mass is 127. The summed E-state index contributed by atoms with van der Waals surface area (Å²) >= 11 is 1.99.